The van der Waals surface area contributed by atoms with E-state index in [2.05, 4.69) is 15.3 Å². The maximum atomic E-state index is 12.4. The van der Waals surface area contributed by atoms with Gasteiger partial charge in [0.15, 0.2) is 9.84 Å². The monoisotopic (exact) mass is 359 g/mol. The summed E-state index contributed by atoms with van der Waals surface area (Å²) in [6.07, 6.45) is 1.41. The first-order valence-corrected chi connectivity index (χ1v) is 8.86. The number of hydrogen-bond donors (Lipinski definition) is 1. The Bertz CT molecular complexity index is 779. The van der Waals surface area contributed by atoms with Gasteiger partial charge in [-0.2, -0.15) is 0 Å². The average Bonchev–Trinajstić information content (AvgIpc) is 2.48. The van der Waals surface area contributed by atoms with Crippen LogP contribution in [0.25, 0.3) is 0 Å². The molecule has 22 heavy (non-hydrogen) atoms. The van der Waals surface area contributed by atoms with E-state index in [0.717, 1.165) is 0 Å². The van der Waals surface area contributed by atoms with Gasteiger partial charge in [0.1, 0.15) is 0 Å². The summed E-state index contributed by atoms with van der Waals surface area (Å²) < 4.78 is 24.7. The SMILES string of the molecule is CC(C)S(=O)(=O)c1ccccc1NCc1nc(Cl)ncc1Cl. The van der Waals surface area contributed by atoms with Crippen molar-refractivity contribution >= 4 is 38.7 Å². The number of rotatable bonds is 5. The summed E-state index contributed by atoms with van der Waals surface area (Å²) in [5, 5.41) is 2.99. The van der Waals surface area contributed by atoms with Gasteiger partial charge in [0, 0.05) is 0 Å². The summed E-state index contributed by atoms with van der Waals surface area (Å²) in [5.74, 6) is 0. The van der Waals surface area contributed by atoms with Crippen LogP contribution in [-0.4, -0.2) is 23.6 Å². The minimum atomic E-state index is -3.38. The second-order valence-corrected chi connectivity index (χ2v) is 8.10. The Labute approximate surface area is 139 Å². The molecular weight excluding hydrogens is 345 g/mol. The number of aromatic nitrogens is 2. The summed E-state index contributed by atoms with van der Waals surface area (Å²) in [7, 11) is -3.38. The van der Waals surface area contributed by atoms with Crippen molar-refractivity contribution in [1.82, 2.24) is 9.97 Å². The molecule has 0 bridgehead atoms. The number of sulfone groups is 1. The molecule has 2 aromatic rings. The minimum Gasteiger partial charge on any atom is -0.378 e. The zero-order valence-corrected chi connectivity index (χ0v) is 14.4. The van der Waals surface area contributed by atoms with Crippen molar-refractivity contribution in [3.05, 3.63) is 46.5 Å². The van der Waals surface area contributed by atoms with Gasteiger partial charge in [0.25, 0.3) is 0 Å². The molecule has 1 N–H and O–H groups in total. The van der Waals surface area contributed by atoms with Crippen molar-refractivity contribution in [2.45, 2.75) is 30.5 Å². The van der Waals surface area contributed by atoms with Crippen molar-refractivity contribution in [3.63, 3.8) is 0 Å². The molecule has 0 spiro atoms. The maximum absolute atomic E-state index is 12.4. The average molecular weight is 360 g/mol. The highest BCUT2D eigenvalue weighted by Gasteiger charge is 2.22. The molecule has 8 heteroatoms. The fraction of sp³-hybridized carbons (Fsp3) is 0.286. The van der Waals surface area contributed by atoms with E-state index < -0.39 is 15.1 Å². The first-order chi connectivity index (χ1) is 10.3. The van der Waals surface area contributed by atoms with Crippen LogP contribution in [0, 0.1) is 0 Å². The van der Waals surface area contributed by atoms with Gasteiger partial charge >= 0.3 is 0 Å². The van der Waals surface area contributed by atoms with E-state index in [4.69, 9.17) is 23.2 Å². The van der Waals surface area contributed by atoms with Crippen LogP contribution in [0.2, 0.25) is 10.3 Å². The first kappa shape index (κ1) is 17.0. The van der Waals surface area contributed by atoms with E-state index in [1.54, 1.807) is 38.1 Å². The number of para-hydroxylation sites is 1. The number of benzene rings is 1. The fourth-order valence-electron chi connectivity index (χ4n) is 1.80. The molecule has 1 heterocycles. The lowest BCUT2D eigenvalue weighted by Crippen LogP contribution is -2.16. The standard InChI is InChI=1S/C14H15Cl2N3O2S/c1-9(2)22(20,21)13-6-4-3-5-11(13)17-8-12-10(15)7-18-14(16)19-12/h3-7,9,17H,8H2,1-2H3. The van der Waals surface area contributed by atoms with Crippen LogP contribution in [0.1, 0.15) is 19.5 Å². The van der Waals surface area contributed by atoms with E-state index in [1.165, 1.54) is 6.20 Å². The molecule has 0 aliphatic carbocycles. The molecule has 118 valence electrons. The number of halogens is 2. The Hall–Kier alpha value is -1.37. The summed E-state index contributed by atoms with van der Waals surface area (Å²) in [5.41, 5.74) is 1.00. The van der Waals surface area contributed by atoms with Gasteiger partial charge < -0.3 is 5.32 Å². The third-order valence-corrected chi connectivity index (χ3v) is 5.76. The number of nitrogens with zero attached hydrogens (tertiary/aromatic N) is 2. The quantitative estimate of drug-likeness (QED) is 0.826. The topological polar surface area (TPSA) is 72.0 Å². The second-order valence-electron chi connectivity index (χ2n) is 4.88. The zero-order valence-electron chi connectivity index (χ0n) is 12.0. The third-order valence-electron chi connectivity index (χ3n) is 3.05. The summed E-state index contributed by atoms with van der Waals surface area (Å²) in [6.45, 7) is 3.53. The molecular formula is C14H15Cl2N3O2S. The van der Waals surface area contributed by atoms with Crippen LogP contribution < -0.4 is 5.32 Å². The molecule has 1 aromatic heterocycles. The van der Waals surface area contributed by atoms with Crippen LogP contribution in [0.5, 0.6) is 0 Å². The van der Waals surface area contributed by atoms with Gasteiger partial charge in [0.2, 0.25) is 5.28 Å². The molecule has 0 atom stereocenters. The molecule has 0 aliphatic heterocycles. The molecule has 2 rings (SSSR count). The molecule has 1 aromatic carbocycles. The van der Waals surface area contributed by atoms with Gasteiger partial charge in [-0.3, -0.25) is 0 Å². The Morgan fingerprint density at radius 2 is 1.91 bits per heavy atom. The Kier molecular flexibility index (Phi) is 5.26. The predicted octanol–water partition coefficient (Wildman–Crippen LogP) is 3.58. The fourth-order valence-corrected chi connectivity index (χ4v) is 3.33. The van der Waals surface area contributed by atoms with Gasteiger partial charge in [0.05, 0.1) is 39.3 Å². The highest BCUT2D eigenvalue weighted by atomic mass is 35.5. The molecule has 0 saturated carbocycles. The normalized spacial score (nSPS) is 11.7. The van der Waals surface area contributed by atoms with Crippen molar-refractivity contribution in [2.24, 2.45) is 0 Å². The lowest BCUT2D eigenvalue weighted by atomic mass is 10.3. The van der Waals surface area contributed by atoms with E-state index in [-0.39, 0.29) is 16.7 Å². The van der Waals surface area contributed by atoms with Crippen molar-refractivity contribution < 1.29 is 8.42 Å². The summed E-state index contributed by atoms with van der Waals surface area (Å²) >= 11 is 11.7. The minimum absolute atomic E-state index is 0.0873. The van der Waals surface area contributed by atoms with Gasteiger partial charge in [-0.05, 0) is 37.6 Å². The Balaban J connectivity index is 2.30. The molecule has 0 aliphatic rings. The van der Waals surface area contributed by atoms with Crippen LogP contribution in [0.3, 0.4) is 0 Å². The Morgan fingerprint density at radius 1 is 1.23 bits per heavy atom. The predicted molar refractivity (Wildman–Crippen MR) is 88.1 cm³/mol. The maximum Gasteiger partial charge on any atom is 0.222 e. The lowest BCUT2D eigenvalue weighted by molar-refractivity contribution is 0.587. The van der Waals surface area contributed by atoms with E-state index in [1.807, 2.05) is 0 Å². The number of anilines is 1. The largest absolute Gasteiger partial charge is 0.378 e. The summed E-state index contributed by atoms with van der Waals surface area (Å²) in [4.78, 5) is 8.05. The molecule has 0 fully saturated rings. The number of nitrogens with one attached hydrogen (secondary N) is 1. The number of hydrogen-bond acceptors (Lipinski definition) is 5. The molecule has 0 unspecified atom stereocenters. The molecule has 0 amide bonds. The highest BCUT2D eigenvalue weighted by molar-refractivity contribution is 7.92. The zero-order chi connectivity index (χ0) is 16.3. The molecule has 5 nitrogen and oxygen atoms in total. The Morgan fingerprint density at radius 3 is 2.59 bits per heavy atom. The van der Waals surface area contributed by atoms with Crippen molar-refractivity contribution in [1.29, 1.82) is 0 Å². The second kappa shape index (κ2) is 6.81. The smallest absolute Gasteiger partial charge is 0.222 e. The van der Waals surface area contributed by atoms with Gasteiger partial charge in [-0.15, -0.1) is 0 Å². The van der Waals surface area contributed by atoms with Gasteiger partial charge in [-0.25, -0.2) is 18.4 Å². The van der Waals surface area contributed by atoms with Crippen molar-refractivity contribution in [3.8, 4) is 0 Å². The highest BCUT2D eigenvalue weighted by Crippen LogP contribution is 2.25. The van der Waals surface area contributed by atoms with Crippen LogP contribution >= 0.6 is 23.2 Å². The first-order valence-electron chi connectivity index (χ1n) is 6.56. The van der Waals surface area contributed by atoms with Crippen molar-refractivity contribution in [2.75, 3.05) is 5.32 Å². The molecule has 0 saturated heterocycles. The van der Waals surface area contributed by atoms with Crippen LogP contribution in [0.4, 0.5) is 5.69 Å². The summed E-state index contributed by atoms with van der Waals surface area (Å²) in [6, 6.07) is 6.73. The van der Waals surface area contributed by atoms with E-state index in [0.29, 0.717) is 16.4 Å². The van der Waals surface area contributed by atoms with E-state index in [9.17, 15) is 8.42 Å². The molecule has 0 radical (unpaired) electrons. The van der Waals surface area contributed by atoms with E-state index >= 15 is 0 Å². The van der Waals surface area contributed by atoms with Crippen LogP contribution in [-0.2, 0) is 16.4 Å². The van der Waals surface area contributed by atoms with Gasteiger partial charge in [-0.1, -0.05) is 23.7 Å². The van der Waals surface area contributed by atoms with Crippen LogP contribution in [0.15, 0.2) is 35.4 Å². The third kappa shape index (κ3) is 3.69. The lowest BCUT2D eigenvalue weighted by Gasteiger charge is -2.14.